The number of hydrogen-bond acceptors (Lipinski definition) is 2. The minimum absolute atomic E-state index is 0.166. The van der Waals surface area contributed by atoms with Gasteiger partial charge in [-0.3, -0.25) is 0 Å². The van der Waals surface area contributed by atoms with Crippen LogP contribution in [-0.4, -0.2) is 25.4 Å². The first kappa shape index (κ1) is 14.2. The van der Waals surface area contributed by atoms with Gasteiger partial charge in [-0.15, -0.1) is 0 Å². The highest BCUT2D eigenvalue weighted by Crippen LogP contribution is 2.26. The van der Waals surface area contributed by atoms with E-state index in [1.807, 2.05) is 18.2 Å². The fraction of sp³-hybridized carbons (Fsp3) is 0.571. The van der Waals surface area contributed by atoms with Crippen LogP contribution in [0, 0.1) is 0 Å². The molecule has 1 N–H and O–H groups in total. The highest BCUT2D eigenvalue weighted by molar-refractivity contribution is 5.53. The highest BCUT2D eigenvalue weighted by atomic mass is 19.4. The Balaban J connectivity index is 1.66. The molecule has 5 heteroatoms. The molecule has 1 unspecified atom stereocenters. The van der Waals surface area contributed by atoms with E-state index in [2.05, 4.69) is 16.1 Å². The molecule has 1 aromatic carbocycles. The second-order valence-electron chi connectivity index (χ2n) is 4.85. The summed E-state index contributed by atoms with van der Waals surface area (Å²) in [5.74, 6) is 0. The zero-order valence-corrected chi connectivity index (χ0v) is 10.7. The average Bonchev–Trinajstić information content (AvgIpc) is 2.37. The SMILES string of the molecule is FC(F)(F)COCCCC1CCc2ccccc2N1. The Morgan fingerprint density at radius 3 is 2.84 bits per heavy atom. The summed E-state index contributed by atoms with van der Waals surface area (Å²) < 4.78 is 40.2. The van der Waals surface area contributed by atoms with Gasteiger partial charge in [-0.1, -0.05) is 18.2 Å². The maximum atomic E-state index is 11.9. The average molecular weight is 273 g/mol. The maximum absolute atomic E-state index is 11.9. The predicted molar refractivity (Wildman–Crippen MR) is 68.3 cm³/mol. The Morgan fingerprint density at radius 1 is 1.26 bits per heavy atom. The lowest BCUT2D eigenvalue weighted by atomic mass is 9.95. The third-order valence-electron chi connectivity index (χ3n) is 3.25. The molecule has 19 heavy (non-hydrogen) atoms. The normalized spacial score (nSPS) is 18.8. The molecule has 0 fully saturated rings. The van der Waals surface area contributed by atoms with E-state index in [4.69, 9.17) is 0 Å². The molecule has 0 amide bonds. The number of hydrogen-bond donors (Lipinski definition) is 1. The fourth-order valence-electron chi connectivity index (χ4n) is 2.34. The molecule has 106 valence electrons. The van der Waals surface area contributed by atoms with Crippen LogP contribution in [-0.2, 0) is 11.2 Å². The van der Waals surface area contributed by atoms with Crippen molar-refractivity contribution in [3.63, 3.8) is 0 Å². The van der Waals surface area contributed by atoms with Gasteiger partial charge in [0.05, 0.1) is 0 Å². The Morgan fingerprint density at radius 2 is 2.05 bits per heavy atom. The van der Waals surface area contributed by atoms with Gasteiger partial charge in [0.1, 0.15) is 6.61 Å². The van der Waals surface area contributed by atoms with Crippen molar-refractivity contribution in [2.24, 2.45) is 0 Å². The van der Waals surface area contributed by atoms with Gasteiger partial charge >= 0.3 is 6.18 Å². The van der Waals surface area contributed by atoms with Gasteiger partial charge in [0.15, 0.2) is 0 Å². The number of anilines is 1. The molecule has 0 saturated carbocycles. The summed E-state index contributed by atoms with van der Waals surface area (Å²) >= 11 is 0. The predicted octanol–water partition coefficient (Wildman–Crippen LogP) is 3.77. The molecule has 1 aromatic rings. The summed E-state index contributed by atoms with van der Waals surface area (Å²) in [5, 5.41) is 3.43. The quantitative estimate of drug-likeness (QED) is 0.824. The van der Waals surface area contributed by atoms with Gasteiger partial charge in [0.2, 0.25) is 0 Å². The second kappa shape index (κ2) is 6.28. The molecule has 0 aliphatic carbocycles. The van der Waals surface area contributed by atoms with Gasteiger partial charge in [0.25, 0.3) is 0 Å². The molecule has 1 heterocycles. The van der Waals surface area contributed by atoms with E-state index in [1.54, 1.807) is 0 Å². The van der Waals surface area contributed by atoms with Gasteiger partial charge < -0.3 is 10.1 Å². The fourth-order valence-corrected chi connectivity index (χ4v) is 2.34. The molecule has 1 aliphatic rings. The van der Waals surface area contributed by atoms with Crippen LogP contribution in [0.25, 0.3) is 0 Å². The molecule has 0 radical (unpaired) electrons. The van der Waals surface area contributed by atoms with Crippen molar-refractivity contribution in [3.05, 3.63) is 29.8 Å². The molecule has 0 saturated heterocycles. The van der Waals surface area contributed by atoms with Crippen LogP contribution in [0.4, 0.5) is 18.9 Å². The third-order valence-corrected chi connectivity index (χ3v) is 3.25. The largest absolute Gasteiger partial charge is 0.411 e. The summed E-state index contributed by atoms with van der Waals surface area (Å²) in [4.78, 5) is 0. The Labute approximate surface area is 111 Å². The lowest BCUT2D eigenvalue weighted by molar-refractivity contribution is -0.174. The Kier molecular flexibility index (Phi) is 4.69. The first-order chi connectivity index (χ1) is 9.04. The van der Waals surface area contributed by atoms with Gasteiger partial charge in [-0.05, 0) is 37.3 Å². The van der Waals surface area contributed by atoms with Crippen molar-refractivity contribution >= 4 is 5.69 Å². The minimum atomic E-state index is -4.22. The van der Waals surface area contributed by atoms with Crippen molar-refractivity contribution in [1.82, 2.24) is 0 Å². The van der Waals surface area contributed by atoms with E-state index in [-0.39, 0.29) is 6.61 Å². The number of halogens is 3. The molecule has 1 atom stereocenters. The first-order valence-electron chi connectivity index (χ1n) is 6.53. The van der Waals surface area contributed by atoms with Crippen molar-refractivity contribution in [2.75, 3.05) is 18.5 Å². The van der Waals surface area contributed by atoms with Crippen LogP contribution >= 0.6 is 0 Å². The summed E-state index contributed by atoms with van der Waals surface area (Å²) in [5.41, 5.74) is 2.46. The lowest BCUT2D eigenvalue weighted by Crippen LogP contribution is -2.26. The molecular weight excluding hydrogens is 255 g/mol. The third kappa shape index (κ3) is 4.74. The van der Waals surface area contributed by atoms with E-state index < -0.39 is 12.8 Å². The second-order valence-corrected chi connectivity index (χ2v) is 4.85. The zero-order valence-electron chi connectivity index (χ0n) is 10.7. The van der Waals surface area contributed by atoms with Crippen molar-refractivity contribution in [3.8, 4) is 0 Å². The van der Waals surface area contributed by atoms with Crippen LogP contribution in [0.2, 0.25) is 0 Å². The van der Waals surface area contributed by atoms with E-state index >= 15 is 0 Å². The molecule has 0 bridgehead atoms. The highest BCUT2D eigenvalue weighted by Gasteiger charge is 2.27. The number of nitrogens with one attached hydrogen (secondary N) is 1. The van der Waals surface area contributed by atoms with Gasteiger partial charge in [-0.25, -0.2) is 0 Å². The molecule has 2 rings (SSSR count). The van der Waals surface area contributed by atoms with E-state index in [0.717, 1.165) is 24.9 Å². The maximum Gasteiger partial charge on any atom is 0.411 e. The van der Waals surface area contributed by atoms with Crippen LogP contribution in [0.1, 0.15) is 24.8 Å². The minimum Gasteiger partial charge on any atom is -0.382 e. The summed E-state index contributed by atoms with van der Waals surface area (Å²) in [6.45, 7) is -0.979. The summed E-state index contributed by atoms with van der Waals surface area (Å²) in [6.07, 6.45) is -0.683. The number of fused-ring (bicyclic) bond motifs is 1. The van der Waals surface area contributed by atoms with Crippen molar-refractivity contribution < 1.29 is 17.9 Å². The monoisotopic (exact) mass is 273 g/mol. The lowest BCUT2D eigenvalue weighted by Gasteiger charge is -2.27. The number of aryl methyl sites for hydroxylation is 1. The number of para-hydroxylation sites is 1. The standard InChI is InChI=1S/C14H18F3NO/c15-14(16,17)10-19-9-3-5-12-8-7-11-4-1-2-6-13(11)18-12/h1-2,4,6,12,18H,3,5,7-10H2. The summed E-state index contributed by atoms with van der Waals surface area (Å²) in [6, 6.07) is 8.49. The van der Waals surface area contributed by atoms with Gasteiger partial charge in [-0.2, -0.15) is 13.2 Å². The molecule has 2 nitrogen and oxygen atoms in total. The van der Waals surface area contributed by atoms with Crippen molar-refractivity contribution in [1.29, 1.82) is 0 Å². The van der Waals surface area contributed by atoms with Crippen LogP contribution in [0.3, 0.4) is 0 Å². The first-order valence-corrected chi connectivity index (χ1v) is 6.53. The zero-order chi connectivity index (χ0) is 13.7. The van der Waals surface area contributed by atoms with Crippen LogP contribution in [0.15, 0.2) is 24.3 Å². The number of ether oxygens (including phenoxy) is 1. The van der Waals surface area contributed by atoms with Crippen LogP contribution in [0.5, 0.6) is 0 Å². The number of rotatable bonds is 5. The molecule has 0 aromatic heterocycles. The van der Waals surface area contributed by atoms with Crippen molar-refractivity contribution in [2.45, 2.75) is 37.9 Å². The van der Waals surface area contributed by atoms with E-state index in [0.29, 0.717) is 12.5 Å². The number of alkyl halides is 3. The van der Waals surface area contributed by atoms with Gasteiger partial charge in [0, 0.05) is 18.3 Å². The topological polar surface area (TPSA) is 21.3 Å². The molecule has 1 aliphatic heterocycles. The summed E-state index contributed by atoms with van der Waals surface area (Å²) in [7, 11) is 0. The van der Waals surface area contributed by atoms with E-state index in [9.17, 15) is 13.2 Å². The van der Waals surface area contributed by atoms with Crippen LogP contribution < -0.4 is 5.32 Å². The molecular formula is C14H18F3NO. The smallest absolute Gasteiger partial charge is 0.382 e. The Bertz CT molecular complexity index is 406. The molecule has 0 spiro atoms. The number of benzene rings is 1. The van der Waals surface area contributed by atoms with E-state index in [1.165, 1.54) is 5.56 Å². The Hall–Kier alpha value is -1.23.